The lowest BCUT2D eigenvalue weighted by Crippen LogP contribution is -2.56. The molecule has 0 saturated heterocycles. The van der Waals surface area contributed by atoms with E-state index in [4.69, 9.17) is 0 Å². The van der Waals surface area contributed by atoms with Gasteiger partial charge in [0.25, 0.3) is 6.71 Å². The minimum atomic E-state index is 0.0956. The van der Waals surface area contributed by atoms with Crippen LogP contribution in [0.1, 0.15) is 174 Å². The summed E-state index contributed by atoms with van der Waals surface area (Å²) in [7, 11) is 0. The second-order valence-corrected chi connectivity index (χ2v) is 28.3. The summed E-state index contributed by atoms with van der Waals surface area (Å²) < 4.78 is 3.01. The van der Waals surface area contributed by atoms with E-state index in [0.717, 1.165) is 12.8 Å². The van der Waals surface area contributed by atoms with Gasteiger partial charge in [-0.25, -0.2) is 0 Å². The minimum absolute atomic E-state index is 0.0956. The first kappa shape index (κ1) is 45.3. The van der Waals surface area contributed by atoms with E-state index in [9.17, 15) is 0 Å². The van der Waals surface area contributed by atoms with Crippen LogP contribution < -0.4 is 20.0 Å². The van der Waals surface area contributed by atoms with Gasteiger partial charge in [0.05, 0.1) is 5.69 Å². The molecule has 0 N–H and O–H groups in total. The average molecular weight is 941 g/mol. The SMILES string of the molecule is CCC1C=CC2=C(C1)N(c1cc3c(cc1C)C(C)(C)CCC3(C)C)c1cc(-c3ccccc3C)cc3c1B2c1sc2cc4c(cc2c1N3C1=CC2C(C=C1)C(C)(C)CCC2(C)C)C1(C)CCC4(C)CC1. The van der Waals surface area contributed by atoms with Crippen LogP contribution in [0, 0.1) is 42.4 Å². The second kappa shape index (κ2) is 14.8. The van der Waals surface area contributed by atoms with Gasteiger partial charge in [-0.15, -0.1) is 11.3 Å². The number of nitrogens with zero attached hydrogens (tertiary/aromatic N) is 2. The maximum Gasteiger partial charge on any atom is 0.264 e. The highest BCUT2D eigenvalue weighted by Gasteiger charge is 2.52. The molecule has 1 aromatic heterocycles. The molecule has 14 rings (SSSR count). The molecule has 2 aliphatic heterocycles. The molecule has 360 valence electrons. The van der Waals surface area contributed by atoms with Crippen LogP contribution in [0.15, 0.2) is 108 Å². The smallest absolute Gasteiger partial charge is 0.264 e. The highest BCUT2D eigenvalue weighted by Crippen LogP contribution is 2.61. The van der Waals surface area contributed by atoms with Crippen molar-refractivity contribution in [2.24, 2.45) is 28.6 Å². The van der Waals surface area contributed by atoms with Crippen molar-refractivity contribution in [1.29, 1.82) is 0 Å². The van der Waals surface area contributed by atoms with Crippen LogP contribution in [0.25, 0.3) is 21.2 Å². The van der Waals surface area contributed by atoms with E-state index in [1.54, 1.807) is 16.7 Å². The van der Waals surface area contributed by atoms with Crippen molar-refractivity contribution in [2.75, 3.05) is 9.80 Å². The van der Waals surface area contributed by atoms with E-state index >= 15 is 0 Å². The lowest BCUT2D eigenvalue weighted by atomic mass is 9.35. The number of anilines is 4. The molecule has 4 heteroatoms. The lowest BCUT2D eigenvalue weighted by Gasteiger charge is -2.53. The molecule has 3 heterocycles. The molecular formula is C66H77BN2S. The Morgan fingerprint density at radius 2 is 1.24 bits per heavy atom. The van der Waals surface area contributed by atoms with Crippen LogP contribution in [-0.2, 0) is 21.7 Å². The van der Waals surface area contributed by atoms with Crippen molar-refractivity contribution in [3.8, 4) is 11.1 Å². The average Bonchev–Trinajstić information content (AvgIpc) is 3.70. The number of rotatable bonds is 4. The van der Waals surface area contributed by atoms with Gasteiger partial charge in [0.1, 0.15) is 0 Å². The normalized spacial score (nSPS) is 29.0. The fourth-order valence-corrected chi connectivity index (χ4v) is 17.1. The monoisotopic (exact) mass is 941 g/mol. The summed E-state index contributed by atoms with van der Waals surface area (Å²) in [6.45, 7) is 32.6. The highest BCUT2D eigenvalue weighted by atomic mass is 32.1. The van der Waals surface area contributed by atoms with E-state index in [1.807, 2.05) is 0 Å². The second-order valence-electron chi connectivity index (χ2n) is 27.2. The van der Waals surface area contributed by atoms with E-state index in [0.29, 0.717) is 17.8 Å². The maximum absolute atomic E-state index is 2.84. The van der Waals surface area contributed by atoms with Crippen LogP contribution in [0.3, 0.4) is 0 Å². The summed E-state index contributed by atoms with van der Waals surface area (Å²) in [6, 6.07) is 25.2. The zero-order valence-electron chi connectivity index (χ0n) is 44.8. The Morgan fingerprint density at radius 3 is 1.91 bits per heavy atom. The molecule has 3 unspecified atom stereocenters. The quantitative estimate of drug-likeness (QED) is 0.166. The van der Waals surface area contributed by atoms with Gasteiger partial charge in [-0.2, -0.15) is 0 Å². The largest absolute Gasteiger partial charge is 0.315 e. The Labute approximate surface area is 425 Å². The number of benzene rings is 4. The van der Waals surface area contributed by atoms with Crippen LogP contribution in [-0.4, -0.2) is 6.71 Å². The third kappa shape index (κ3) is 6.29. The topological polar surface area (TPSA) is 6.48 Å². The van der Waals surface area contributed by atoms with Gasteiger partial charge >= 0.3 is 0 Å². The summed E-state index contributed by atoms with van der Waals surface area (Å²) in [6.07, 6.45) is 25.5. The number of aryl methyl sites for hydroxylation is 2. The van der Waals surface area contributed by atoms with Gasteiger partial charge in [-0.3, -0.25) is 0 Å². The molecule has 70 heavy (non-hydrogen) atoms. The molecule has 2 saturated carbocycles. The van der Waals surface area contributed by atoms with E-state index in [2.05, 4.69) is 202 Å². The number of allylic oxidation sites excluding steroid dienone is 7. The highest BCUT2D eigenvalue weighted by molar-refractivity contribution is 7.33. The van der Waals surface area contributed by atoms with Crippen LogP contribution in [0.4, 0.5) is 22.7 Å². The molecule has 2 fully saturated rings. The Kier molecular flexibility index (Phi) is 9.58. The summed E-state index contributed by atoms with van der Waals surface area (Å²) in [5.41, 5.74) is 24.3. The lowest BCUT2D eigenvalue weighted by molar-refractivity contribution is 0.0327. The van der Waals surface area contributed by atoms with Crippen molar-refractivity contribution < 1.29 is 0 Å². The Hall–Kier alpha value is -4.54. The zero-order valence-corrected chi connectivity index (χ0v) is 45.7. The summed E-state index contributed by atoms with van der Waals surface area (Å²) in [5.74, 6) is 1.45. The molecule has 3 atom stereocenters. The molecule has 0 spiro atoms. The van der Waals surface area contributed by atoms with Crippen molar-refractivity contribution in [3.63, 3.8) is 0 Å². The summed E-state index contributed by atoms with van der Waals surface area (Å²) in [5, 5.41) is 1.47. The molecule has 2 nitrogen and oxygen atoms in total. The number of thiophene rings is 1. The van der Waals surface area contributed by atoms with Crippen molar-refractivity contribution in [1.82, 2.24) is 0 Å². The van der Waals surface area contributed by atoms with Crippen molar-refractivity contribution in [2.45, 2.75) is 176 Å². The number of hydrogen-bond acceptors (Lipinski definition) is 3. The third-order valence-electron chi connectivity index (χ3n) is 21.0. The van der Waals surface area contributed by atoms with Gasteiger partial charge in [-0.1, -0.05) is 131 Å². The zero-order chi connectivity index (χ0) is 48.8. The molecule has 2 bridgehead atoms. The molecule has 0 amide bonds. The first-order valence-corrected chi connectivity index (χ1v) is 28.4. The van der Waals surface area contributed by atoms with Crippen LogP contribution >= 0.6 is 11.3 Å². The summed E-state index contributed by atoms with van der Waals surface area (Å²) >= 11 is 2.13. The molecule has 5 aromatic rings. The van der Waals surface area contributed by atoms with Gasteiger partial charge < -0.3 is 9.80 Å². The molecule has 4 aromatic carbocycles. The first-order chi connectivity index (χ1) is 33.1. The number of hydrogen-bond donors (Lipinski definition) is 0. The third-order valence-corrected chi connectivity index (χ3v) is 22.2. The fraction of sp³-hybridized carbons (Fsp3) is 0.485. The van der Waals surface area contributed by atoms with Gasteiger partial charge in [0.2, 0.25) is 0 Å². The van der Waals surface area contributed by atoms with Gasteiger partial charge in [-0.05, 0) is 220 Å². The predicted molar refractivity (Wildman–Crippen MR) is 303 cm³/mol. The number of fused-ring (bicyclic) bond motifs is 9. The maximum atomic E-state index is 2.84. The predicted octanol–water partition coefficient (Wildman–Crippen LogP) is 17.2. The van der Waals surface area contributed by atoms with Crippen molar-refractivity contribution >= 4 is 61.1 Å². The van der Waals surface area contributed by atoms with Crippen LogP contribution in [0.5, 0.6) is 0 Å². The van der Waals surface area contributed by atoms with E-state index in [-0.39, 0.29) is 39.2 Å². The summed E-state index contributed by atoms with van der Waals surface area (Å²) in [4.78, 5) is 5.66. The molecule has 0 radical (unpaired) electrons. The fourth-order valence-electron chi connectivity index (χ4n) is 15.8. The first-order valence-electron chi connectivity index (χ1n) is 27.6. The molecular weight excluding hydrogens is 864 g/mol. The standard InChI is InChI=1S/C66H77BN2S/c1-14-41-19-22-52-54(32-41)69(53-37-49-47(31-40(53)3)62(6,7)25-26-64(49,10)11)56-34-42(44-18-16-15-17-39(44)2)33-55-58(56)67(52)60-59(68(55)43-20-21-46-48(35-43)63(8,9)24-23-61(46,4)5)45-36-50-51(38-57(45)70-60)66(13)29-27-65(50,12)28-30-66/h15-22,31,33-38,41,46,48H,14,23-30,32H2,1-13H3. The Morgan fingerprint density at radius 1 is 0.614 bits per heavy atom. The van der Waals surface area contributed by atoms with Crippen LogP contribution in [0.2, 0.25) is 0 Å². The molecule has 9 aliphatic rings. The Bertz CT molecular complexity index is 3220. The Balaban J connectivity index is 1.15. The molecule has 7 aliphatic carbocycles. The van der Waals surface area contributed by atoms with E-state index in [1.165, 1.54) is 139 Å². The van der Waals surface area contributed by atoms with E-state index < -0.39 is 0 Å². The van der Waals surface area contributed by atoms with Crippen molar-refractivity contribution in [3.05, 3.63) is 141 Å². The van der Waals surface area contributed by atoms with Gasteiger partial charge in [0, 0.05) is 43.3 Å². The van der Waals surface area contributed by atoms with Gasteiger partial charge in [0.15, 0.2) is 0 Å². The minimum Gasteiger partial charge on any atom is -0.315 e.